The Morgan fingerprint density at radius 2 is 1.94 bits per heavy atom. The number of benzene rings is 1. The molecule has 0 aliphatic carbocycles. The van der Waals surface area contributed by atoms with Gasteiger partial charge in [0, 0.05) is 0 Å². The van der Waals surface area contributed by atoms with Crippen molar-refractivity contribution in [3.63, 3.8) is 0 Å². The van der Waals surface area contributed by atoms with Gasteiger partial charge in [-0.05, 0) is 42.0 Å². The summed E-state index contributed by atoms with van der Waals surface area (Å²) in [6.07, 6.45) is 0.695. The highest BCUT2D eigenvalue weighted by Gasteiger charge is 2.21. The number of hydrogen-bond acceptors (Lipinski definition) is 2. The summed E-state index contributed by atoms with van der Waals surface area (Å²) < 4.78 is 27.2. The lowest BCUT2D eigenvalue weighted by atomic mass is 10.0. The molecule has 0 saturated carbocycles. The van der Waals surface area contributed by atoms with E-state index >= 15 is 0 Å². The van der Waals surface area contributed by atoms with E-state index in [1.54, 1.807) is 5.38 Å². The highest BCUT2D eigenvalue weighted by Crippen LogP contribution is 2.24. The Labute approximate surface area is 108 Å². The van der Waals surface area contributed by atoms with Crippen molar-refractivity contribution in [2.75, 3.05) is 0 Å². The minimum atomic E-state index is -1.06. The van der Waals surface area contributed by atoms with Gasteiger partial charge in [0.05, 0.1) is 10.4 Å². The largest absolute Gasteiger partial charge is 0.288 e. The molecule has 18 heavy (non-hydrogen) atoms. The number of halogens is 2. The molecular formula is C14H12F2OS. The second-order valence-corrected chi connectivity index (χ2v) is 4.93. The summed E-state index contributed by atoms with van der Waals surface area (Å²) in [4.78, 5) is 12.7. The fourth-order valence-electron chi connectivity index (χ4n) is 1.76. The molecule has 1 aromatic heterocycles. The third-order valence-corrected chi connectivity index (χ3v) is 3.81. The van der Waals surface area contributed by atoms with Crippen molar-refractivity contribution in [1.29, 1.82) is 0 Å². The topological polar surface area (TPSA) is 17.1 Å². The number of carbonyl (C=O) groups is 1. The van der Waals surface area contributed by atoms with Crippen molar-refractivity contribution in [2.45, 2.75) is 20.3 Å². The number of aryl methyl sites for hydroxylation is 2. The van der Waals surface area contributed by atoms with Crippen molar-refractivity contribution in [2.24, 2.45) is 0 Å². The van der Waals surface area contributed by atoms with E-state index in [2.05, 4.69) is 0 Å². The van der Waals surface area contributed by atoms with Crippen LogP contribution < -0.4 is 0 Å². The van der Waals surface area contributed by atoms with Gasteiger partial charge in [0.2, 0.25) is 5.78 Å². The first-order valence-corrected chi connectivity index (χ1v) is 6.49. The van der Waals surface area contributed by atoms with Gasteiger partial charge >= 0.3 is 0 Å². The molecule has 0 atom stereocenters. The van der Waals surface area contributed by atoms with Crippen molar-refractivity contribution in [3.05, 3.63) is 56.8 Å². The molecule has 0 aliphatic heterocycles. The fourth-order valence-corrected chi connectivity index (χ4v) is 2.71. The highest BCUT2D eigenvalue weighted by atomic mass is 32.1. The molecule has 0 aliphatic rings. The average molecular weight is 266 g/mol. The molecule has 0 bridgehead atoms. The normalized spacial score (nSPS) is 10.7. The number of ketones is 1. The van der Waals surface area contributed by atoms with E-state index in [9.17, 15) is 13.6 Å². The van der Waals surface area contributed by atoms with Crippen LogP contribution in [0.3, 0.4) is 0 Å². The maximum atomic E-state index is 13.7. The van der Waals surface area contributed by atoms with Crippen molar-refractivity contribution in [1.82, 2.24) is 0 Å². The predicted octanol–water partition coefficient (Wildman–Crippen LogP) is 4.13. The first kappa shape index (κ1) is 12.9. The standard InChI is InChI=1S/C14H12F2OS/c1-3-9-6-7-18-14(9)13(17)10-5-4-8(2)11(15)12(10)16/h4-7H,3H2,1-2H3. The van der Waals surface area contributed by atoms with Crippen LogP contribution in [-0.4, -0.2) is 5.78 Å². The summed E-state index contributed by atoms with van der Waals surface area (Å²) in [6.45, 7) is 3.39. The molecule has 0 N–H and O–H groups in total. The number of carbonyl (C=O) groups excluding carboxylic acids is 1. The van der Waals surface area contributed by atoms with E-state index < -0.39 is 17.4 Å². The molecule has 1 aromatic carbocycles. The van der Waals surface area contributed by atoms with Crippen LogP contribution in [-0.2, 0) is 6.42 Å². The summed E-state index contributed by atoms with van der Waals surface area (Å²) in [6, 6.07) is 4.60. The van der Waals surface area contributed by atoms with Crippen molar-refractivity contribution < 1.29 is 13.6 Å². The Morgan fingerprint density at radius 3 is 2.61 bits per heavy atom. The van der Waals surface area contributed by atoms with Crippen molar-refractivity contribution >= 4 is 17.1 Å². The van der Waals surface area contributed by atoms with E-state index in [1.807, 2.05) is 13.0 Å². The van der Waals surface area contributed by atoms with Gasteiger partial charge in [-0.1, -0.05) is 13.0 Å². The zero-order chi connectivity index (χ0) is 13.3. The minimum absolute atomic E-state index is 0.199. The van der Waals surface area contributed by atoms with Gasteiger partial charge in [-0.15, -0.1) is 11.3 Å². The van der Waals surface area contributed by atoms with Crippen LogP contribution in [0, 0.1) is 18.6 Å². The van der Waals surface area contributed by atoms with Crippen LogP contribution >= 0.6 is 11.3 Å². The molecule has 0 amide bonds. The lowest BCUT2D eigenvalue weighted by Crippen LogP contribution is -2.07. The second kappa shape index (κ2) is 4.98. The van der Waals surface area contributed by atoms with Gasteiger partial charge in [-0.2, -0.15) is 0 Å². The number of rotatable bonds is 3. The molecule has 1 heterocycles. The molecule has 1 nitrogen and oxygen atoms in total. The Hall–Kier alpha value is -1.55. The van der Waals surface area contributed by atoms with Crippen LogP contribution in [0.25, 0.3) is 0 Å². The van der Waals surface area contributed by atoms with Gasteiger partial charge in [-0.25, -0.2) is 8.78 Å². The van der Waals surface area contributed by atoms with Gasteiger partial charge in [-0.3, -0.25) is 4.79 Å². The van der Waals surface area contributed by atoms with E-state index in [0.29, 0.717) is 11.3 Å². The zero-order valence-corrected chi connectivity index (χ0v) is 10.9. The lowest BCUT2D eigenvalue weighted by Gasteiger charge is -2.05. The third kappa shape index (κ3) is 2.08. The van der Waals surface area contributed by atoms with E-state index in [1.165, 1.54) is 30.4 Å². The maximum Gasteiger partial charge on any atom is 0.206 e. The van der Waals surface area contributed by atoms with Gasteiger partial charge < -0.3 is 0 Å². The van der Waals surface area contributed by atoms with E-state index in [4.69, 9.17) is 0 Å². The molecular weight excluding hydrogens is 254 g/mol. The Balaban J connectivity index is 2.50. The average Bonchev–Trinajstić information content (AvgIpc) is 2.83. The second-order valence-electron chi connectivity index (χ2n) is 4.02. The van der Waals surface area contributed by atoms with Gasteiger partial charge in [0.1, 0.15) is 0 Å². The molecule has 0 saturated heterocycles. The van der Waals surface area contributed by atoms with Crippen LogP contribution in [0.2, 0.25) is 0 Å². The highest BCUT2D eigenvalue weighted by molar-refractivity contribution is 7.12. The number of hydrogen-bond donors (Lipinski definition) is 0. The molecule has 0 spiro atoms. The summed E-state index contributed by atoms with van der Waals surface area (Å²) in [5.41, 5.74) is 0.867. The number of thiophene rings is 1. The summed E-state index contributed by atoms with van der Waals surface area (Å²) in [5.74, 6) is -2.45. The first-order valence-electron chi connectivity index (χ1n) is 5.62. The Morgan fingerprint density at radius 1 is 1.22 bits per heavy atom. The molecule has 0 radical (unpaired) electrons. The quantitative estimate of drug-likeness (QED) is 0.763. The maximum absolute atomic E-state index is 13.7. The molecule has 0 unspecified atom stereocenters. The van der Waals surface area contributed by atoms with Crippen LogP contribution in [0.1, 0.15) is 33.3 Å². The molecule has 94 valence electrons. The minimum Gasteiger partial charge on any atom is -0.288 e. The zero-order valence-electron chi connectivity index (χ0n) is 10.1. The smallest absolute Gasteiger partial charge is 0.206 e. The van der Waals surface area contributed by atoms with Gasteiger partial charge in [0.15, 0.2) is 11.6 Å². The van der Waals surface area contributed by atoms with Crippen molar-refractivity contribution in [3.8, 4) is 0 Å². The summed E-state index contributed by atoms with van der Waals surface area (Å²) in [7, 11) is 0. The van der Waals surface area contributed by atoms with Crippen LogP contribution in [0.4, 0.5) is 8.78 Å². The Bertz CT molecular complexity index is 602. The summed E-state index contributed by atoms with van der Waals surface area (Å²) in [5, 5.41) is 1.79. The third-order valence-electron chi connectivity index (χ3n) is 2.85. The van der Waals surface area contributed by atoms with Gasteiger partial charge in [0.25, 0.3) is 0 Å². The van der Waals surface area contributed by atoms with Crippen LogP contribution in [0.15, 0.2) is 23.6 Å². The molecule has 4 heteroatoms. The predicted molar refractivity (Wildman–Crippen MR) is 68.2 cm³/mol. The first-order chi connectivity index (χ1) is 8.56. The monoisotopic (exact) mass is 266 g/mol. The molecule has 2 rings (SSSR count). The molecule has 2 aromatic rings. The summed E-state index contributed by atoms with van der Waals surface area (Å²) >= 11 is 1.26. The fraction of sp³-hybridized carbons (Fsp3) is 0.214. The molecule has 0 fully saturated rings. The SMILES string of the molecule is CCc1ccsc1C(=O)c1ccc(C)c(F)c1F. The lowest BCUT2D eigenvalue weighted by molar-refractivity contribution is 0.103. The van der Waals surface area contributed by atoms with Crippen LogP contribution in [0.5, 0.6) is 0 Å². The Kier molecular flexibility index (Phi) is 3.57. The van der Waals surface area contributed by atoms with E-state index in [-0.39, 0.29) is 11.1 Å². The van der Waals surface area contributed by atoms with E-state index in [0.717, 1.165) is 5.56 Å².